The monoisotopic (exact) mass is 722 g/mol. The number of fused-ring (bicyclic) bond motifs is 2. The highest BCUT2D eigenvalue weighted by molar-refractivity contribution is 5.74. The maximum atomic E-state index is 3.45. The Labute approximate surface area is 329 Å². The molecule has 0 radical (unpaired) electrons. The van der Waals surface area contributed by atoms with Crippen LogP contribution in [0.4, 0.5) is 11.4 Å². The zero-order valence-corrected chi connectivity index (χ0v) is 31.3. The van der Waals surface area contributed by atoms with Gasteiger partial charge in [-0.3, -0.25) is 4.90 Å². The summed E-state index contributed by atoms with van der Waals surface area (Å²) in [6.07, 6.45) is 2.23. The second-order valence-electron chi connectivity index (χ2n) is 14.5. The number of quaternary nitrogens is 1. The molecule has 56 heavy (non-hydrogen) atoms. The van der Waals surface area contributed by atoms with E-state index in [9.17, 15) is 0 Å². The van der Waals surface area contributed by atoms with Crippen molar-refractivity contribution in [3.63, 3.8) is 0 Å². The van der Waals surface area contributed by atoms with Crippen LogP contribution in [0, 0.1) is 23.7 Å². The minimum Gasteiger partial charge on any atom is -0.315 e. The third-order valence-corrected chi connectivity index (χ3v) is 10.4. The number of aromatic nitrogens is 2. The number of anilines is 1. The molecule has 0 bridgehead atoms. The lowest BCUT2D eigenvalue weighted by molar-refractivity contribution is -0.840. The molecule has 7 aromatic carbocycles. The molecule has 2 heterocycles. The Bertz CT molecular complexity index is 2710. The van der Waals surface area contributed by atoms with Gasteiger partial charge in [-0.1, -0.05) is 145 Å². The zero-order chi connectivity index (χ0) is 37.5. The highest BCUT2D eigenvalue weighted by Gasteiger charge is 2.31. The summed E-state index contributed by atoms with van der Waals surface area (Å²) >= 11 is 0. The number of benzene rings is 7. The molecule has 4 nitrogen and oxygen atoms in total. The van der Waals surface area contributed by atoms with Crippen molar-refractivity contribution < 1.29 is 9.47 Å². The average Bonchev–Trinajstić information content (AvgIpc) is 3.76. The molecule has 0 fully saturated rings. The third kappa shape index (κ3) is 8.03. The van der Waals surface area contributed by atoms with Gasteiger partial charge in [0, 0.05) is 46.5 Å². The first kappa shape index (κ1) is 34.6. The molecule has 1 unspecified atom stereocenters. The number of hydrogen-bond donors (Lipinski definition) is 1. The number of hydrogen-bond acceptors (Lipinski definition) is 1. The molecular weight excluding hydrogens is 681 g/mol. The largest absolute Gasteiger partial charge is 0.315 e. The van der Waals surface area contributed by atoms with E-state index in [1.165, 1.54) is 49.6 Å². The van der Waals surface area contributed by atoms with E-state index in [1.807, 2.05) is 0 Å². The Morgan fingerprint density at radius 3 is 1.61 bits per heavy atom. The van der Waals surface area contributed by atoms with Crippen LogP contribution in [0.5, 0.6) is 0 Å². The molecule has 1 aliphatic heterocycles. The fraction of sp³-hybridized carbons (Fsp3) is 0.0962. The lowest BCUT2D eigenvalue weighted by atomic mass is 10.1. The predicted molar refractivity (Wildman–Crippen MR) is 226 cm³/mol. The fourth-order valence-electron chi connectivity index (χ4n) is 7.61. The summed E-state index contributed by atoms with van der Waals surface area (Å²) in [6, 6.07) is 64.2. The van der Waals surface area contributed by atoms with Crippen molar-refractivity contribution in [2.24, 2.45) is 0 Å². The van der Waals surface area contributed by atoms with Crippen molar-refractivity contribution >= 4 is 22.4 Å². The van der Waals surface area contributed by atoms with Gasteiger partial charge < -0.3 is 4.90 Å². The third-order valence-electron chi connectivity index (χ3n) is 10.4. The van der Waals surface area contributed by atoms with E-state index in [0.29, 0.717) is 0 Å². The summed E-state index contributed by atoms with van der Waals surface area (Å²) in [7, 11) is 0. The van der Waals surface area contributed by atoms with Gasteiger partial charge in [0.1, 0.15) is 25.3 Å². The van der Waals surface area contributed by atoms with Crippen molar-refractivity contribution in [2.75, 3.05) is 11.6 Å². The molecule has 0 saturated carbocycles. The highest BCUT2D eigenvalue weighted by Crippen LogP contribution is 2.30. The topological polar surface area (TPSA) is 16.5 Å². The van der Waals surface area contributed by atoms with E-state index in [1.54, 1.807) is 0 Å². The molecule has 0 saturated heterocycles. The molecule has 1 aliphatic rings. The Morgan fingerprint density at radius 2 is 0.982 bits per heavy atom. The Kier molecular flexibility index (Phi) is 9.96. The SMILES string of the molecule is C(#Cc1ccc2c(c1)N(Cc1ccccc1)C[NH+]2Cc1ccccc1)c1ccc(C#Cc2ccc3c(c2)n(Cc2ccccc2)c[n+]3Cc2ccccc2)cc1. The van der Waals surface area contributed by atoms with Crippen LogP contribution >= 0.6 is 0 Å². The second-order valence-corrected chi connectivity index (χ2v) is 14.5. The Morgan fingerprint density at radius 1 is 0.482 bits per heavy atom. The average molecular weight is 723 g/mol. The van der Waals surface area contributed by atoms with Crippen molar-refractivity contribution in [3.8, 4) is 23.7 Å². The lowest BCUT2D eigenvalue weighted by Gasteiger charge is -2.18. The number of nitrogens with one attached hydrogen (secondary N) is 1. The van der Waals surface area contributed by atoms with Crippen LogP contribution in [-0.2, 0) is 26.2 Å². The summed E-state index contributed by atoms with van der Waals surface area (Å²) in [6.45, 7) is 4.34. The molecular formula is C52H42N4+2. The van der Waals surface area contributed by atoms with Crippen LogP contribution in [0.15, 0.2) is 188 Å². The highest BCUT2D eigenvalue weighted by atomic mass is 15.4. The molecule has 0 amide bonds. The zero-order valence-electron chi connectivity index (χ0n) is 31.3. The summed E-state index contributed by atoms with van der Waals surface area (Å²) < 4.78 is 4.66. The predicted octanol–water partition coefficient (Wildman–Crippen LogP) is 8.52. The van der Waals surface area contributed by atoms with Crippen LogP contribution in [-0.4, -0.2) is 11.2 Å². The van der Waals surface area contributed by atoms with Crippen LogP contribution in [0.3, 0.4) is 0 Å². The minimum absolute atomic E-state index is 0.795. The van der Waals surface area contributed by atoms with Gasteiger partial charge in [-0.2, -0.15) is 0 Å². The van der Waals surface area contributed by atoms with Gasteiger partial charge in [0.2, 0.25) is 6.33 Å². The maximum Gasteiger partial charge on any atom is 0.245 e. The van der Waals surface area contributed by atoms with Crippen LogP contribution < -0.4 is 14.4 Å². The standard InChI is InChI=1S/C52H41N4/c1-5-13-45(14-6-1)35-53-39-55(37-47-17-9-3-10-18-47)51-33-43(29-31-49(51)53)27-25-41-21-23-42(24-22-41)26-28-44-30-32-50-52(34-44)56(38-48-19-11-4-12-20-48)40-54(50)36-46-15-7-2-8-16-46/h1-24,29-34,39H,35-38,40H2/q+1/p+1. The number of nitrogens with zero attached hydrogens (tertiary/aromatic N) is 3. The lowest BCUT2D eigenvalue weighted by Crippen LogP contribution is -3.05. The summed E-state index contributed by atoms with van der Waals surface area (Å²) in [5.41, 5.74) is 14.1. The van der Waals surface area contributed by atoms with Gasteiger partial charge in [0.05, 0.1) is 0 Å². The van der Waals surface area contributed by atoms with Crippen molar-refractivity contribution in [3.05, 3.63) is 233 Å². The molecule has 0 spiro atoms. The summed E-state index contributed by atoms with van der Waals surface area (Å²) in [5.74, 6) is 13.7. The van der Waals surface area contributed by atoms with Crippen LogP contribution in [0.1, 0.15) is 44.5 Å². The first-order chi connectivity index (χ1) is 27.7. The van der Waals surface area contributed by atoms with E-state index in [2.05, 4.69) is 226 Å². The number of rotatable bonds is 8. The molecule has 1 atom stereocenters. The van der Waals surface area contributed by atoms with Gasteiger partial charge >= 0.3 is 0 Å². The fourth-order valence-corrected chi connectivity index (χ4v) is 7.61. The van der Waals surface area contributed by atoms with Gasteiger partial charge in [-0.25, -0.2) is 9.13 Å². The van der Waals surface area contributed by atoms with Crippen LogP contribution in [0.2, 0.25) is 0 Å². The van der Waals surface area contributed by atoms with E-state index in [4.69, 9.17) is 0 Å². The summed E-state index contributed by atoms with van der Waals surface area (Å²) in [5, 5.41) is 0. The molecule has 1 aromatic heterocycles. The van der Waals surface area contributed by atoms with Crippen LogP contribution in [0.25, 0.3) is 11.0 Å². The van der Waals surface area contributed by atoms with E-state index >= 15 is 0 Å². The van der Waals surface area contributed by atoms with Gasteiger partial charge in [0.15, 0.2) is 23.4 Å². The quantitative estimate of drug-likeness (QED) is 0.123. The van der Waals surface area contributed by atoms with Gasteiger partial charge in [0.25, 0.3) is 0 Å². The van der Waals surface area contributed by atoms with E-state index < -0.39 is 0 Å². The minimum atomic E-state index is 0.795. The molecule has 8 aromatic rings. The molecule has 9 rings (SSSR count). The maximum absolute atomic E-state index is 3.45. The molecule has 0 aliphatic carbocycles. The van der Waals surface area contributed by atoms with Crippen molar-refractivity contribution in [1.82, 2.24) is 4.57 Å². The molecule has 1 N–H and O–H groups in total. The first-order valence-electron chi connectivity index (χ1n) is 19.3. The van der Waals surface area contributed by atoms with Crippen molar-refractivity contribution in [2.45, 2.75) is 26.2 Å². The smallest absolute Gasteiger partial charge is 0.245 e. The van der Waals surface area contributed by atoms with E-state index in [-0.39, 0.29) is 0 Å². The summed E-state index contributed by atoms with van der Waals surface area (Å²) in [4.78, 5) is 3.94. The number of imidazole rings is 1. The molecule has 268 valence electrons. The normalized spacial score (nSPS) is 13.1. The Balaban J connectivity index is 0.935. The van der Waals surface area contributed by atoms with E-state index in [0.717, 1.165) is 55.1 Å². The molecule has 4 heteroatoms. The Hall–Kier alpha value is -7.11. The van der Waals surface area contributed by atoms with Gasteiger partial charge in [-0.05, 0) is 65.2 Å². The van der Waals surface area contributed by atoms with Gasteiger partial charge in [-0.15, -0.1) is 0 Å². The van der Waals surface area contributed by atoms with Crippen molar-refractivity contribution in [1.29, 1.82) is 0 Å². The second kappa shape index (κ2) is 16.1. The first-order valence-corrected chi connectivity index (χ1v) is 19.3.